The van der Waals surface area contributed by atoms with Crippen LogP contribution in [0.15, 0.2) is 12.2 Å². The van der Waals surface area contributed by atoms with Gasteiger partial charge in [0.05, 0.1) is 12.0 Å². The van der Waals surface area contributed by atoms with E-state index in [9.17, 15) is 18.0 Å². The van der Waals surface area contributed by atoms with Gasteiger partial charge in [0.25, 0.3) is 0 Å². The molecule has 1 aliphatic rings. The minimum Gasteiger partial charge on any atom is -0.444 e. The predicted octanol–water partition coefficient (Wildman–Crippen LogP) is 4.30. The Morgan fingerprint density at radius 1 is 1.22 bits per heavy atom. The smallest absolute Gasteiger partial charge is 0.410 e. The van der Waals surface area contributed by atoms with Crippen molar-refractivity contribution in [3.05, 3.63) is 12.2 Å². The number of carbonyl (C=O) groups excluding carboxylic acids is 1. The normalized spacial score (nSPS) is 19.2. The van der Waals surface area contributed by atoms with Gasteiger partial charge in [-0.05, 0) is 40.5 Å². The molecule has 0 N–H and O–H groups in total. The molecule has 1 amide bonds. The molecule has 0 atom stereocenters. The van der Waals surface area contributed by atoms with Crippen molar-refractivity contribution < 1.29 is 27.4 Å². The van der Waals surface area contributed by atoms with Crippen LogP contribution in [0.4, 0.5) is 18.0 Å². The largest absolute Gasteiger partial charge is 0.444 e. The molecule has 1 saturated heterocycles. The maximum atomic E-state index is 12.3. The van der Waals surface area contributed by atoms with E-state index in [0.717, 1.165) is 6.08 Å². The van der Waals surface area contributed by atoms with Crippen LogP contribution in [0.1, 0.15) is 47.0 Å². The molecule has 7 heteroatoms. The first-order valence-corrected chi connectivity index (χ1v) is 7.83. The quantitative estimate of drug-likeness (QED) is 0.718. The molecule has 0 aliphatic carbocycles. The maximum absolute atomic E-state index is 12.3. The van der Waals surface area contributed by atoms with E-state index in [1.807, 2.05) is 0 Å². The number of hydrogen-bond acceptors (Lipinski definition) is 3. The molecule has 0 saturated carbocycles. The summed E-state index contributed by atoms with van der Waals surface area (Å²) >= 11 is 0. The van der Waals surface area contributed by atoms with Crippen LogP contribution >= 0.6 is 0 Å². The fraction of sp³-hybridized carbons (Fsp3) is 0.812. The third-order valence-corrected chi connectivity index (χ3v) is 3.46. The van der Waals surface area contributed by atoms with Crippen molar-refractivity contribution in [2.75, 3.05) is 19.7 Å². The van der Waals surface area contributed by atoms with Gasteiger partial charge in [-0.2, -0.15) is 13.2 Å². The Hall–Kier alpha value is -1.24. The highest BCUT2D eigenvalue weighted by Gasteiger charge is 2.36. The average Bonchev–Trinajstić information content (AvgIpc) is 2.36. The number of alkyl halides is 3. The monoisotopic (exact) mass is 337 g/mol. The molecule has 0 aromatic heterocycles. The number of amides is 1. The number of allylic oxidation sites excluding steroid dienone is 1. The summed E-state index contributed by atoms with van der Waals surface area (Å²) < 4.78 is 47.8. The minimum absolute atomic E-state index is 0.394. The molecule has 1 rings (SSSR count). The van der Waals surface area contributed by atoms with Gasteiger partial charge in [0.2, 0.25) is 0 Å². The lowest BCUT2D eigenvalue weighted by molar-refractivity contribution is -0.125. The molecule has 0 aromatic rings. The van der Waals surface area contributed by atoms with Crippen LogP contribution in [0, 0.1) is 0 Å². The standard InChI is InChI=1S/C16H26F3NO3/c1-5-22-15(7-6-8-16(17,18)19)9-11-20(12-10-15)13(21)23-14(2,3)4/h6-7H,5,8-12H2,1-4H3/b7-6+. The zero-order valence-electron chi connectivity index (χ0n) is 14.2. The van der Waals surface area contributed by atoms with E-state index in [4.69, 9.17) is 9.47 Å². The first-order chi connectivity index (χ1) is 10.5. The summed E-state index contributed by atoms with van der Waals surface area (Å²) in [7, 11) is 0. The Kier molecular flexibility index (Phi) is 6.50. The van der Waals surface area contributed by atoms with Crippen molar-refractivity contribution in [3.63, 3.8) is 0 Å². The highest BCUT2D eigenvalue weighted by Crippen LogP contribution is 2.30. The van der Waals surface area contributed by atoms with Crippen LogP contribution in [0.25, 0.3) is 0 Å². The van der Waals surface area contributed by atoms with Crippen molar-refractivity contribution >= 4 is 6.09 Å². The topological polar surface area (TPSA) is 38.8 Å². The molecule has 0 aromatic carbocycles. The molecule has 0 radical (unpaired) electrons. The molecule has 1 fully saturated rings. The molecular formula is C16H26F3NO3. The molecule has 0 bridgehead atoms. The molecule has 23 heavy (non-hydrogen) atoms. The number of nitrogens with zero attached hydrogens (tertiary/aromatic N) is 1. The van der Waals surface area contributed by atoms with Gasteiger partial charge >= 0.3 is 12.3 Å². The van der Waals surface area contributed by atoms with Crippen LogP contribution < -0.4 is 0 Å². The number of carbonyl (C=O) groups is 1. The number of likely N-dealkylation sites (tertiary alicyclic amines) is 1. The van der Waals surface area contributed by atoms with E-state index >= 15 is 0 Å². The summed E-state index contributed by atoms with van der Waals surface area (Å²) in [5.74, 6) is 0. The highest BCUT2D eigenvalue weighted by atomic mass is 19.4. The molecule has 134 valence electrons. The summed E-state index contributed by atoms with van der Waals surface area (Å²) in [6, 6.07) is 0. The van der Waals surface area contributed by atoms with Crippen LogP contribution in [-0.2, 0) is 9.47 Å². The lowest BCUT2D eigenvalue weighted by Crippen LogP contribution is -2.48. The van der Waals surface area contributed by atoms with Gasteiger partial charge in [-0.15, -0.1) is 0 Å². The van der Waals surface area contributed by atoms with Gasteiger partial charge in [0.1, 0.15) is 5.60 Å². The van der Waals surface area contributed by atoms with Crippen LogP contribution in [0.5, 0.6) is 0 Å². The summed E-state index contributed by atoms with van der Waals surface area (Å²) in [5.41, 5.74) is -1.31. The van der Waals surface area contributed by atoms with Gasteiger partial charge in [0.15, 0.2) is 0 Å². The first kappa shape index (κ1) is 19.8. The zero-order valence-corrected chi connectivity index (χ0v) is 14.2. The molecule has 1 aliphatic heterocycles. The molecule has 0 spiro atoms. The maximum Gasteiger partial charge on any atom is 0.410 e. The third-order valence-electron chi connectivity index (χ3n) is 3.46. The van der Waals surface area contributed by atoms with E-state index < -0.39 is 29.9 Å². The summed E-state index contributed by atoms with van der Waals surface area (Å²) in [6.45, 7) is 8.37. The number of rotatable bonds is 4. The lowest BCUT2D eigenvalue weighted by atomic mass is 9.90. The van der Waals surface area contributed by atoms with Gasteiger partial charge in [-0.3, -0.25) is 0 Å². The number of hydrogen-bond donors (Lipinski definition) is 0. The van der Waals surface area contributed by atoms with E-state index in [2.05, 4.69) is 0 Å². The Balaban J connectivity index is 2.65. The van der Waals surface area contributed by atoms with Gasteiger partial charge in [0, 0.05) is 19.7 Å². The van der Waals surface area contributed by atoms with Crippen LogP contribution in [-0.4, -0.2) is 48.1 Å². The first-order valence-electron chi connectivity index (χ1n) is 7.83. The second-order valence-corrected chi connectivity index (χ2v) is 6.69. The number of halogens is 3. The van der Waals surface area contributed by atoms with E-state index in [1.54, 1.807) is 32.6 Å². The van der Waals surface area contributed by atoms with Crippen molar-refractivity contribution in [1.29, 1.82) is 0 Å². The van der Waals surface area contributed by atoms with E-state index in [0.29, 0.717) is 32.5 Å². The van der Waals surface area contributed by atoms with Crippen molar-refractivity contribution in [2.45, 2.75) is 64.3 Å². The number of ether oxygens (including phenoxy) is 2. The van der Waals surface area contributed by atoms with E-state index in [1.165, 1.54) is 6.08 Å². The second kappa shape index (κ2) is 7.55. The van der Waals surface area contributed by atoms with Crippen molar-refractivity contribution in [1.82, 2.24) is 4.90 Å². The highest BCUT2D eigenvalue weighted by molar-refractivity contribution is 5.68. The molecular weight excluding hydrogens is 311 g/mol. The van der Waals surface area contributed by atoms with E-state index in [-0.39, 0.29) is 0 Å². The Bertz CT molecular complexity index is 419. The molecule has 4 nitrogen and oxygen atoms in total. The summed E-state index contributed by atoms with van der Waals surface area (Å²) in [6.07, 6.45) is -2.08. The second-order valence-electron chi connectivity index (χ2n) is 6.69. The zero-order chi connectivity index (χ0) is 17.7. The van der Waals surface area contributed by atoms with Crippen molar-refractivity contribution in [2.24, 2.45) is 0 Å². The SMILES string of the molecule is CCOC1(/C=C/CC(F)(F)F)CCN(C(=O)OC(C)(C)C)CC1. The fourth-order valence-electron chi connectivity index (χ4n) is 2.45. The number of piperidine rings is 1. The van der Waals surface area contributed by atoms with Gasteiger partial charge in [-0.25, -0.2) is 4.79 Å². The molecule has 0 unspecified atom stereocenters. The average molecular weight is 337 g/mol. The molecule has 1 heterocycles. The van der Waals surface area contributed by atoms with Crippen LogP contribution in [0.3, 0.4) is 0 Å². The fourth-order valence-corrected chi connectivity index (χ4v) is 2.45. The van der Waals surface area contributed by atoms with Crippen molar-refractivity contribution in [3.8, 4) is 0 Å². The Labute approximate surface area is 135 Å². The Morgan fingerprint density at radius 3 is 2.22 bits per heavy atom. The third kappa shape index (κ3) is 7.24. The summed E-state index contributed by atoms with van der Waals surface area (Å²) in [4.78, 5) is 13.6. The van der Waals surface area contributed by atoms with Crippen LogP contribution in [0.2, 0.25) is 0 Å². The lowest BCUT2D eigenvalue weighted by Gasteiger charge is -2.40. The van der Waals surface area contributed by atoms with Gasteiger partial charge in [-0.1, -0.05) is 12.2 Å². The predicted molar refractivity (Wildman–Crippen MR) is 81.2 cm³/mol. The van der Waals surface area contributed by atoms with Gasteiger partial charge < -0.3 is 14.4 Å². The Morgan fingerprint density at radius 2 is 1.78 bits per heavy atom. The summed E-state index contributed by atoms with van der Waals surface area (Å²) in [5, 5.41) is 0. The minimum atomic E-state index is -4.22.